The van der Waals surface area contributed by atoms with Gasteiger partial charge in [-0.3, -0.25) is 19.4 Å². The number of hydrogen-bond donors (Lipinski definition) is 1. The molecule has 0 bridgehead atoms. The maximum atomic E-state index is 12.6. The molecule has 0 aliphatic carbocycles. The van der Waals surface area contributed by atoms with Crippen molar-refractivity contribution >= 4 is 29.1 Å². The third kappa shape index (κ3) is 3.33. The Labute approximate surface area is 160 Å². The molecule has 2 heterocycles. The van der Waals surface area contributed by atoms with Gasteiger partial charge >= 0.3 is 0 Å². The Balaban J connectivity index is 1.47. The molecule has 3 aromatic rings. The molecule has 2 aromatic carbocycles. The monoisotopic (exact) mass is 373 g/mol. The van der Waals surface area contributed by atoms with Crippen LogP contribution in [0.2, 0.25) is 0 Å². The summed E-state index contributed by atoms with van der Waals surface area (Å²) in [6.07, 6.45) is 1.47. The van der Waals surface area contributed by atoms with Crippen LogP contribution in [0.15, 0.2) is 72.9 Å². The Morgan fingerprint density at radius 2 is 1.79 bits per heavy atom. The van der Waals surface area contributed by atoms with Crippen molar-refractivity contribution in [2.45, 2.75) is 0 Å². The van der Waals surface area contributed by atoms with Gasteiger partial charge in [-0.1, -0.05) is 24.3 Å². The molecular formula is C21H15N3O4. The molecule has 7 heteroatoms. The first-order chi connectivity index (χ1) is 13.6. The predicted molar refractivity (Wildman–Crippen MR) is 102 cm³/mol. The van der Waals surface area contributed by atoms with Crippen molar-refractivity contribution in [1.82, 2.24) is 4.98 Å². The first kappa shape index (κ1) is 17.4. The average Bonchev–Trinajstić information content (AvgIpc) is 2.98. The predicted octanol–water partition coefficient (Wildman–Crippen LogP) is 2.90. The summed E-state index contributed by atoms with van der Waals surface area (Å²) in [7, 11) is 0. The number of anilines is 2. The Bertz CT molecular complexity index is 1030. The number of ether oxygens (including phenoxy) is 1. The minimum Gasteiger partial charge on any atom is -0.484 e. The maximum Gasteiger partial charge on any atom is 0.284 e. The minimum atomic E-state index is -0.489. The Morgan fingerprint density at radius 1 is 0.964 bits per heavy atom. The molecule has 1 N–H and O–H groups in total. The van der Waals surface area contributed by atoms with E-state index in [0.717, 1.165) is 4.90 Å². The number of benzene rings is 2. The van der Waals surface area contributed by atoms with Gasteiger partial charge in [0.05, 0.1) is 11.3 Å². The lowest BCUT2D eigenvalue weighted by Crippen LogP contribution is -2.29. The number of pyridine rings is 1. The fraction of sp³-hybridized carbons (Fsp3) is 0.0476. The summed E-state index contributed by atoms with van der Waals surface area (Å²) in [6.45, 7) is -0.162. The molecule has 0 atom stereocenters. The number of nitrogens with zero attached hydrogens (tertiary/aromatic N) is 2. The van der Waals surface area contributed by atoms with Crippen molar-refractivity contribution in [3.63, 3.8) is 0 Å². The number of para-hydroxylation sites is 1. The third-order valence-corrected chi connectivity index (χ3v) is 4.15. The highest BCUT2D eigenvalue weighted by Crippen LogP contribution is 2.28. The second-order valence-corrected chi connectivity index (χ2v) is 6.05. The zero-order valence-electron chi connectivity index (χ0n) is 14.7. The van der Waals surface area contributed by atoms with E-state index in [2.05, 4.69) is 10.3 Å². The lowest BCUT2D eigenvalue weighted by atomic mass is 10.2. The molecular weight excluding hydrogens is 358 g/mol. The van der Waals surface area contributed by atoms with E-state index in [0.29, 0.717) is 17.1 Å². The number of fused-ring (bicyclic) bond motifs is 1. The topological polar surface area (TPSA) is 88.6 Å². The highest BCUT2D eigenvalue weighted by molar-refractivity contribution is 6.33. The van der Waals surface area contributed by atoms with Crippen LogP contribution in [0.1, 0.15) is 20.8 Å². The molecule has 0 fully saturated rings. The molecule has 3 amide bonds. The van der Waals surface area contributed by atoms with Gasteiger partial charge in [0.25, 0.3) is 17.7 Å². The number of rotatable bonds is 5. The van der Waals surface area contributed by atoms with Crippen molar-refractivity contribution in [1.29, 1.82) is 0 Å². The summed E-state index contributed by atoms with van der Waals surface area (Å²) in [5.41, 5.74) is 1.19. The lowest BCUT2D eigenvalue weighted by molar-refractivity contribution is -0.118. The molecule has 4 rings (SSSR count). The van der Waals surface area contributed by atoms with Gasteiger partial charge in [-0.25, -0.2) is 4.90 Å². The van der Waals surface area contributed by atoms with Crippen LogP contribution in [-0.4, -0.2) is 29.3 Å². The van der Waals surface area contributed by atoms with E-state index in [1.165, 1.54) is 6.20 Å². The van der Waals surface area contributed by atoms with E-state index in [-0.39, 0.29) is 23.8 Å². The smallest absolute Gasteiger partial charge is 0.284 e. The highest BCUT2D eigenvalue weighted by atomic mass is 16.5. The molecule has 0 radical (unpaired) electrons. The molecule has 1 aromatic heterocycles. The van der Waals surface area contributed by atoms with Crippen molar-refractivity contribution in [2.24, 2.45) is 0 Å². The van der Waals surface area contributed by atoms with Crippen molar-refractivity contribution < 1.29 is 19.1 Å². The van der Waals surface area contributed by atoms with Crippen LogP contribution in [0.4, 0.5) is 11.4 Å². The van der Waals surface area contributed by atoms with E-state index in [1.807, 2.05) is 18.2 Å². The molecule has 0 spiro atoms. The van der Waals surface area contributed by atoms with Crippen LogP contribution in [0.25, 0.3) is 0 Å². The summed E-state index contributed by atoms with van der Waals surface area (Å²) >= 11 is 0. The molecule has 0 unspecified atom stereocenters. The van der Waals surface area contributed by atoms with Gasteiger partial charge < -0.3 is 10.1 Å². The van der Waals surface area contributed by atoms with Gasteiger partial charge in [0, 0.05) is 11.9 Å². The fourth-order valence-corrected chi connectivity index (χ4v) is 2.89. The van der Waals surface area contributed by atoms with Gasteiger partial charge in [-0.05, 0) is 42.5 Å². The molecule has 7 nitrogen and oxygen atoms in total. The fourth-order valence-electron chi connectivity index (χ4n) is 2.89. The van der Waals surface area contributed by atoms with Crippen molar-refractivity contribution in [3.8, 4) is 5.75 Å². The third-order valence-electron chi connectivity index (χ3n) is 4.15. The van der Waals surface area contributed by atoms with Crippen LogP contribution in [-0.2, 0) is 4.79 Å². The number of aromatic nitrogens is 1. The largest absolute Gasteiger partial charge is 0.484 e. The van der Waals surface area contributed by atoms with E-state index >= 15 is 0 Å². The summed E-state index contributed by atoms with van der Waals surface area (Å²) < 4.78 is 5.41. The number of carbonyl (C=O) groups excluding carboxylic acids is 3. The number of imide groups is 1. The standard InChI is InChI=1S/C21H15N3O4/c25-18(13-28-16-8-2-1-3-9-16)23-14-6-4-7-15(12-14)24-20(26)17-10-5-11-22-19(17)21(24)27/h1-12H,13H2,(H,23,25). The van der Waals surface area contributed by atoms with Crippen molar-refractivity contribution in [3.05, 3.63) is 84.2 Å². The maximum absolute atomic E-state index is 12.6. The number of nitrogens with one attached hydrogen (secondary N) is 1. The number of hydrogen-bond acceptors (Lipinski definition) is 5. The minimum absolute atomic E-state index is 0.123. The van der Waals surface area contributed by atoms with Gasteiger partial charge in [-0.2, -0.15) is 0 Å². The molecule has 1 aliphatic rings. The van der Waals surface area contributed by atoms with E-state index in [1.54, 1.807) is 48.5 Å². The van der Waals surface area contributed by atoms with Crippen LogP contribution >= 0.6 is 0 Å². The quantitative estimate of drug-likeness (QED) is 0.695. The Kier molecular flexibility index (Phi) is 4.55. The number of amides is 3. The highest BCUT2D eigenvalue weighted by Gasteiger charge is 2.37. The first-order valence-electron chi connectivity index (χ1n) is 8.55. The second-order valence-electron chi connectivity index (χ2n) is 6.05. The molecule has 0 saturated carbocycles. The molecule has 138 valence electrons. The van der Waals surface area contributed by atoms with Gasteiger partial charge in [0.2, 0.25) is 0 Å². The van der Waals surface area contributed by atoms with Crippen LogP contribution < -0.4 is 15.0 Å². The van der Waals surface area contributed by atoms with Gasteiger partial charge in [0.15, 0.2) is 6.61 Å². The summed E-state index contributed by atoms with van der Waals surface area (Å²) in [6, 6.07) is 18.7. The summed E-state index contributed by atoms with van der Waals surface area (Å²) in [5.74, 6) is -0.699. The van der Waals surface area contributed by atoms with Gasteiger partial charge in [0.1, 0.15) is 11.4 Å². The first-order valence-corrected chi connectivity index (χ1v) is 8.55. The SMILES string of the molecule is O=C(COc1ccccc1)Nc1cccc(N2C(=O)c3cccnc3C2=O)c1. The normalized spacial score (nSPS) is 12.6. The lowest BCUT2D eigenvalue weighted by Gasteiger charge is -2.15. The van der Waals surface area contributed by atoms with Gasteiger partial charge in [-0.15, -0.1) is 0 Å². The Morgan fingerprint density at radius 3 is 2.57 bits per heavy atom. The van der Waals surface area contributed by atoms with Crippen LogP contribution in [0.5, 0.6) is 5.75 Å². The average molecular weight is 373 g/mol. The summed E-state index contributed by atoms with van der Waals surface area (Å²) in [4.78, 5) is 42.3. The molecule has 1 aliphatic heterocycles. The van der Waals surface area contributed by atoms with E-state index in [4.69, 9.17) is 4.74 Å². The van der Waals surface area contributed by atoms with E-state index < -0.39 is 11.8 Å². The number of carbonyl (C=O) groups is 3. The zero-order chi connectivity index (χ0) is 19.5. The molecule has 28 heavy (non-hydrogen) atoms. The van der Waals surface area contributed by atoms with Crippen molar-refractivity contribution in [2.75, 3.05) is 16.8 Å². The van der Waals surface area contributed by atoms with Crippen LogP contribution in [0.3, 0.4) is 0 Å². The zero-order valence-corrected chi connectivity index (χ0v) is 14.7. The Hall–Kier alpha value is -4.00. The summed E-state index contributed by atoms with van der Waals surface area (Å²) in [5, 5.41) is 2.70. The molecule has 0 saturated heterocycles. The van der Waals surface area contributed by atoms with E-state index in [9.17, 15) is 14.4 Å². The van der Waals surface area contributed by atoms with Crippen LogP contribution in [0, 0.1) is 0 Å². The second kappa shape index (κ2) is 7.32.